The van der Waals surface area contributed by atoms with Gasteiger partial charge in [0.25, 0.3) is 5.91 Å². The van der Waals surface area contributed by atoms with E-state index in [1.165, 1.54) is 0 Å². The number of benzene rings is 1. The van der Waals surface area contributed by atoms with E-state index in [9.17, 15) is 14.4 Å². The number of rotatable bonds is 4. The van der Waals surface area contributed by atoms with Crippen molar-refractivity contribution in [2.45, 2.75) is 46.5 Å². The Bertz CT molecular complexity index is 1020. The normalized spacial score (nSPS) is 18.6. The number of carbonyl (C=O) groups is 3. The number of hydrogen-bond acceptors (Lipinski definition) is 5. The van der Waals surface area contributed by atoms with Crippen LogP contribution in [0.1, 0.15) is 75.7 Å². The molecule has 2 heterocycles. The van der Waals surface area contributed by atoms with Gasteiger partial charge >= 0.3 is 0 Å². The summed E-state index contributed by atoms with van der Waals surface area (Å²) in [4.78, 5) is 40.3. The average Bonchev–Trinajstić information content (AvgIpc) is 3.08. The number of nitrogens with zero attached hydrogens (tertiary/aromatic N) is 1. The molecule has 1 aliphatic heterocycles. The number of furan rings is 1. The summed E-state index contributed by atoms with van der Waals surface area (Å²) < 4.78 is 11.1. The number of piperidine rings is 1. The summed E-state index contributed by atoms with van der Waals surface area (Å²) >= 11 is 0. The van der Waals surface area contributed by atoms with Gasteiger partial charge in [0.05, 0.1) is 12.7 Å². The fourth-order valence-electron chi connectivity index (χ4n) is 4.77. The van der Waals surface area contributed by atoms with Gasteiger partial charge in [-0.25, -0.2) is 0 Å². The number of likely N-dealkylation sites (tertiary alicyclic amines) is 1. The van der Waals surface area contributed by atoms with E-state index < -0.39 is 0 Å². The highest BCUT2D eigenvalue weighted by Crippen LogP contribution is 2.39. The second-order valence-corrected chi connectivity index (χ2v) is 9.45. The van der Waals surface area contributed by atoms with Crippen LogP contribution in [0.5, 0.6) is 5.75 Å². The van der Waals surface area contributed by atoms with Gasteiger partial charge < -0.3 is 14.1 Å². The Balaban J connectivity index is 1.44. The Labute approximate surface area is 182 Å². The standard InChI is InChI=1S/C25H29NO5/c1-15-21-19(27)13-25(2,3)14-20(21)31-23(15)24(29)26-11-9-17(10-12-26)22(28)16-5-7-18(30-4)8-6-16/h5-8,17H,9-14H2,1-4H3. The van der Waals surface area contributed by atoms with E-state index in [1.54, 1.807) is 43.2 Å². The van der Waals surface area contributed by atoms with Gasteiger partial charge in [0.15, 0.2) is 17.3 Å². The summed E-state index contributed by atoms with van der Waals surface area (Å²) in [5.74, 6) is 1.49. The zero-order valence-electron chi connectivity index (χ0n) is 18.6. The van der Waals surface area contributed by atoms with E-state index in [1.807, 2.05) is 13.8 Å². The highest BCUT2D eigenvalue weighted by atomic mass is 16.5. The number of hydrogen-bond donors (Lipinski definition) is 0. The first-order valence-corrected chi connectivity index (χ1v) is 10.8. The summed E-state index contributed by atoms with van der Waals surface area (Å²) in [6.07, 6.45) is 2.34. The van der Waals surface area contributed by atoms with Crippen molar-refractivity contribution in [3.8, 4) is 5.75 Å². The number of amides is 1. The molecule has 6 heteroatoms. The molecule has 1 saturated heterocycles. The van der Waals surface area contributed by atoms with Gasteiger partial charge in [-0.05, 0) is 49.4 Å². The third kappa shape index (κ3) is 4.03. The first-order valence-electron chi connectivity index (χ1n) is 10.8. The van der Waals surface area contributed by atoms with Gasteiger partial charge in [-0.3, -0.25) is 14.4 Å². The molecule has 0 N–H and O–H groups in total. The molecule has 0 atom stereocenters. The quantitative estimate of drug-likeness (QED) is 0.678. The minimum Gasteiger partial charge on any atom is -0.497 e. The lowest BCUT2D eigenvalue weighted by molar-refractivity contribution is 0.0620. The lowest BCUT2D eigenvalue weighted by Gasteiger charge is -2.31. The van der Waals surface area contributed by atoms with Gasteiger partial charge in [0.2, 0.25) is 0 Å². The molecule has 1 fully saturated rings. The molecule has 6 nitrogen and oxygen atoms in total. The predicted molar refractivity (Wildman–Crippen MR) is 116 cm³/mol. The summed E-state index contributed by atoms with van der Waals surface area (Å²) in [6, 6.07) is 7.15. The molecule has 1 aromatic carbocycles. The largest absolute Gasteiger partial charge is 0.497 e. The van der Waals surface area contributed by atoms with Crippen molar-refractivity contribution in [2.75, 3.05) is 20.2 Å². The molecular formula is C25H29NO5. The van der Waals surface area contributed by atoms with Crippen molar-refractivity contribution >= 4 is 17.5 Å². The number of carbonyl (C=O) groups excluding carboxylic acids is 3. The summed E-state index contributed by atoms with van der Waals surface area (Å²) in [6.45, 7) is 6.87. The Hall–Kier alpha value is -2.89. The number of ketones is 2. The van der Waals surface area contributed by atoms with Crippen molar-refractivity contribution in [3.63, 3.8) is 0 Å². The maximum atomic E-state index is 13.1. The van der Waals surface area contributed by atoms with Crippen molar-refractivity contribution in [3.05, 3.63) is 52.5 Å². The molecule has 0 unspecified atom stereocenters. The molecule has 2 aromatic rings. The average molecular weight is 424 g/mol. The Morgan fingerprint density at radius 3 is 2.35 bits per heavy atom. The topological polar surface area (TPSA) is 76.8 Å². The van der Waals surface area contributed by atoms with Crippen LogP contribution >= 0.6 is 0 Å². The molecule has 0 bridgehead atoms. The molecule has 0 saturated carbocycles. The molecule has 31 heavy (non-hydrogen) atoms. The SMILES string of the molecule is COc1ccc(C(=O)C2CCN(C(=O)c3oc4c(c3C)C(=O)CC(C)(C)C4)CC2)cc1. The highest BCUT2D eigenvalue weighted by Gasteiger charge is 2.38. The lowest BCUT2D eigenvalue weighted by Crippen LogP contribution is -2.40. The second kappa shape index (κ2) is 7.98. The highest BCUT2D eigenvalue weighted by molar-refractivity contribution is 6.04. The number of fused-ring (bicyclic) bond motifs is 1. The van der Waals surface area contributed by atoms with Gasteiger partial charge in [-0.1, -0.05) is 13.8 Å². The van der Waals surface area contributed by atoms with Crippen LogP contribution in [0.25, 0.3) is 0 Å². The number of ether oxygens (including phenoxy) is 1. The van der Waals surface area contributed by atoms with Crippen LogP contribution in [0, 0.1) is 18.3 Å². The van der Waals surface area contributed by atoms with Crippen molar-refractivity contribution < 1.29 is 23.5 Å². The van der Waals surface area contributed by atoms with Gasteiger partial charge in [0, 0.05) is 43.0 Å². The van der Waals surface area contributed by atoms with Gasteiger partial charge in [-0.2, -0.15) is 0 Å². The molecule has 1 aliphatic carbocycles. The fourth-order valence-corrected chi connectivity index (χ4v) is 4.77. The smallest absolute Gasteiger partial charge is 0.289 e. The van der Waals surface area contributed by atoms with Gasteiger partial charge in [-0.15, -0.1) is 0 Å². The van der Waals surface area contributed by atoms with Crippen LogP contribution < -0.4 is 4.74 Å². The lowest BCUT2D eigenvalue weighted by atomic mass is 9.76. The molecule has 1 amide bonds. The molecule has 2 aliphatic rings. The van der Waals surface area contributed by atoms with Crippen molar-refractivity contribution in [1.82, 2.24) is 4.90 Å². The maximum Gasteiger partial charge on any atom is 0.289 e. The van der Waals surface area contributed by atoms with E-state index in [-0.39, 0.29) is 34.6 Å². The summed E-state index contributed by atoms with van der Waals surface area (Å²) in [5, 5.41) is 0. The van der Waals surface area contributed by atoms with Crippen LogP contribution in [0.3, 0.4) is 0 Å². The van der Waals surface area contributed by atoms with Crippen LogP contribution in [-0.2, 0) is 6.42 Å². The first-order chi connectivity index (χ1) is 14.7. The Morgan fingerprint density at radius 2 is 1.74 bits per heavy atom. The van der Waals surface area contributed by atoms with Crippen molar-refractivity contribution in [2.24, 2.45) is 11.3 Å². The first kappa shape index (κ1) is 21.3. The van der Waals surface area contributed by atoms with Crippen molar-refractivity contribution in [1.29, 1.82) is 0 Å². The number of Topliss-reactive ketones (excluding diaryl/α,β-unsaturated/α-hetero) is 2. The summed E-state index contributed by atoms with van der Waals surface area (Å²) in [5.41, 5.74) is 1.75. The minimum absolute atomic E-state index is 0.0512. The molecule has 164 valence electrons. The monoisotopic (exact) mass is 423 g/mol. The third-order valence-corrected chi connectivity index (χ3v) is 6.50. The third-order valence-electron chi connectivity index (χ3n) is 6.50. The van der Waals surface area contributed by atoms with Crippen LogP contribution in [0.2, 0.25) is 0 Å². The predicted octanol–water partition coefficient (Wildman–Crippen LogP) is 4.49. The van der Waals surface area contributed by atoms with Crippen LogP contribution in [-0.4, -0.2) is 42.6 Å². The van der Waals surface area contributed by atoms with E-state index >= 15 is 0 Å². The zero-order chi connectivity index (χ0) is 22.3. The Kier molecular flexibility index (Phi) is 5.50. The van der Waals surface area contributed by atoms with E-state index in [0.29, 0.717) is 61.2 Å². The van der Waals surface area contributed by atoms with Gasteiger partial charge in [0.1, 0.15) is 11.5 Å². The fraction of sp³-hybridized carbons (Fsp3) is 0.480. The molecule has 1 aromatic heterocycles. The second-order valence-electron chi connectivity index (χ2n) is 9.45. The molecule has 0 radical (unpaired) electrons. The maximum absolute atomic E-state index is 13.1. The Morgan fingerprint density at radius 1 is 1.10 bits per heavy atom. The molecule has 4 rings (SSSR count). The molecular weight excluding hydrogens is 394 g/mol. The minimum atomic E-state index is -0.187. The number of methoxy groups -OCH3 is 1. The van der Waals surface area contributed by atoms with Crippen LogP contribution in [0.15, 0.2) is 28.7 Å². The van der Waals surface area contributed by atoms with Crippen LogP contribution in [0.4, 0.5) is 0 Å². The van der Waals surface area contributed by atoms with E-state index in [2.05, 4.69) is 0 Å². The van der Waals surface area contributed by atoms with E-state index in [0.717, 1.165) is 5.75 Å². The summed E-state index contributed by atoms with van der Waals surface area (Å²) in [7, 11) is 1.59. The van der Waals surface area contributed by atoms with E-state index in [4.69, 9.17) is 9.15 Å². The molecule has 0 spiro atoms. The zero-order valence-corrected chi connectivity index (χ0v) is 18.6.